The number of hydrogen-bond donors (Lipinski definition) is 2. The zero-order valence-electron chi connectivity index (χ0n) is 10.5. The minimum absolute atomic E-state index is 0. The van der Waals surface area contributed by atoms with E-state index in [0.717, 1.165) is 49.8 Å². The maximum atomic E-state index is 12.3. The van der Waals surface area contributed by atoms with Crippen LogP contribution in [0.15, 0.2) is 6.20 Å². The van der Waals surface area contributed by atoms with Crippen molar-refractivity contribution < 1.29 is 4.79 Å². The summed E-state index contributed by atoms with van der Waals surface area (Å²) < 4.78 is 0. The van der Waals surface area contributed by atoms with Crippen LogP contribution in [-0.2, 0) is 0 Å². The quantitative estimate of drug-likeness (QED) is 0.794. The Morgan fingerprint density at radius 2 is 2.22 bits per heavy atom. The summed E-state index contributed by atoms with van der Waals surface area (Å²) >= 11 is 0. The van der Waals surface area contributed by atoms with E-state index in [2.05, 4.69) is 15.5 Å². The predicted octanol–water partition coefficient (Wildman–Crippen LogP) is 0.821. The number of aromatic nitrogens is 2. The fourth-order valence-corrected chi connectivity index (χ4v) is 2.96. The van der Waals surface area contributed by atoms with Crippen LogP contribution in [0.2, 0.25) is 0 Å². The molecule has 2 atom stereocenters. The SMILES string of the molecule is Cc1[nH]ncc1C(=O)N1CCC2CNCC2C1.Cl. The zero-order valence-corrected chi connectivity index (χ0v) is 11.3. The van der Waals surface area contributed by atoms with Gasteiger partial charge in [0, 0.05) is 18.8 Å². The van der Waals surface area contributed by atoms with Crippen LogP contribution in [0.5, 0.6) is 0 Å². The minimum Gasteiger partial charge on any atom is -0.338 e. The molecule has 2 saturated heterocycles. The third-order valence-corrected chi connectivity index (χ3v) is 4.05. The highest BCUT2D eigenvalue weighted by Crippen LogP contribution is 2.27. The molecule has 0 spiro atoms. The Morgan fingerprint density at radius 1 is 1.44 bits per heavy atom. The predicted molar refractivity (Wildman–Crippen MR) is 70.9 cm³/mol. The summed E-state index contributed by atoms with van der Waals surface area (Å²) in [6.07, 6.45) is 2.76. The summed E-state index contributed by atoms with van der Waals surface area (Å²) in [6, 6.07) is 0. The molecule has 2 fully saturated rings. The third-order valence-electron chi connectivity index (χ3n) is 4.05. The number of fused-ring (bicyclic) bond motifs is 1. The molecule has 1 amide bonds. The first-order valence-corrected chi connectivity index (χ1v) is 6.25. The van der Waals surface area contributed by atoms with Crippen LogP contribution in [0.1, 0.15) is 22.5 Å². The van der Waals surface area contributed by atoms with Crippen molar-refractivity contribution in [3.8, 4) is 0 Å². The maximum absolute atomic E-state index is 12.3. The summed E-state index contributed by atoms with van der Waals surface area (Å²) in [5.41, 5.74) is 1.58. The Labute approximate surface area is 113 Å². The van der Waals surface area contributed by atoms with E-state index in [1.807, 2.05) is 11.8 Å². The van der Waals surface area contributed by atoms with Crippen molar-refractivity contribution in [1.82, 2.24) is 20.4 Å². The van der Waals surface area contributed by atoms with Crippen molar-refractivity contribution in [3.05, 3.63) is 17.5 Å². The number of hydrogen-bond acceptors (Lipinski definition) is 3. The van der Waals surface area contributed by atoms with Crippen LogP contribution in [0.3, 0.4) is 0 Å². The molecule has 0 bridgehead atoms. The van der Waals surface area contributed by atoms with Crippen molar-refractivity contribution in [2.75, 3.05) is 26.2 Å². The Kier molecular flexibility index (Phi) is 3.92. The second kappa shape index (κ2) is 5.28. The number of amides is 1. The fraction of sp³-hybridized carbons (Fsp3) is 0.667. The zero-order chi connectivity index (χ0) is 11.8. The lowest BCUT2D eigenvalue weighted by molar-refractivity contribution is 0.0642. The Bertz CT molecular complexity index is 433. The first kappa shape index (κ1) is 13.4. The van der Waals surface area contributed by atoms with Gasteiger partial charge in [0.1, 0.15) is 0 Å². The highest BCUT2D eigenvalue weighted by atomic mass is 35.5. The number of piperidine rings is 1. The van der Waals surface area contributed by atoms with E-state index in [1.165, 1.54) is 0 Å². The van der Waals surface area contributed by atoms with Gasteiger partial charge in [-0.15, -0.1) is 12.4 Å². The number of nitrogens with one attached hydrogen (secondary N) is 2. The monoisotopic (exact) mass is 270 g/mol. The number of rotatable bonds is 1. The molecule has 2 aliphatic rings. The lowest BCUT2D eigenvalue weighted by atomic mass is 9.88. The van der Waals surface area contributed by atoms with Gasteiger partial charge in [0.05, 0.1) is 11.8 Å². The highest BCUT2D eigenvalue weighted by Gasteiger charge is 2.35. The summed E-state index contributed by atoms with van der Waals surface area (Å²) in [6.45, 7) is 5.84. The van der Waals surface area contributed by atoms with Gasteiger partial charge in [-0.1, -0.05) is 0 Å². The van der Waals surface area contributed by atoms with Crippen LogP contribution in [0.25, 0.3) is 0 Å². The molecule has 0 radical (unpaired) electrons. The highest BCUT2D eigenvalue weighted by molar-refractivity contribution is 5.95. The number of aryl methyl sites for hydroxylation is 1. The molecular formula is C12H19ClN4O. The average molecular weight is 271 g/mol. The fourth-order valence-electron chi connectivity index (χ4n) is 2.96. The molecule has 6 heteroatoms. The normalized spacial score (nSPS) is 26.6. The smallest absolute Gasteiger partial charge is 0.257 e. The summed E-state index contributed by atoms with van der Waals surface area (Å²) in [7, 11) is 0. The van der Waals surface area contributed by atoms with Gasteiger partial charge in [-0.25, -0.2) is 0 Å². The van der Waals surface area contributed by atoms with E-state index in [9.17, 15) is 4.79 Å². The number of nitrogens with zero attached hydrogens (tertiary/aromatic N) is 2. The molecular weight excluding hydrogens is 252 g/mol. The van der Waals surface area contributed by atoms with E-state index in [4.69, 9.17) is 0 Å². The van der Waals surface area contributed by atoms with Crippen LogP contribution < -0.4 is 5.32 Å². The Hall–Kier alpha value is -1.07. The molecule has 0 aliphatic carbocycles. The van der Waals surface area contributed by atoms with Gasteiger partial charge >= 0.3 is 0 Å². The van der Waals surface area contributed by atoms with Crippen molar-refractivity contribution in [3.63, 3.8) is 0 Å². The first-order valence-electron chi connectivity index (χ1n) is 6.25. The van der Waals surface area contributed by atoms with Gasteiger partial charge in [-0.05, 0) is 38.3 Å². The van der Waals surface area contributed by atoms with Gasteiger partial charge in [0.15, 0.2) is 0 Å². The Balaban J connectivity index is 0.00000120. The standard InChI is InChI=1S/C12H18N4O.ClH/c1-8-11(6-14-15-8)12(17)16-3-2-9-4-13-5-10(9)7-16;/h6,9-10,13H,2-5,7H2,1H3,(H,14,15);1H. The second-order valence-electron chi connectivity index (χ2n) is 5.13. The summed E-state index contributed by atoms with van der Waals surface area (Å²) in [4.78, 5) is 14.3. The number of H-pyrrole nitrogens is 1. The van der Waals surface area contributed by atoms with Crippen molar-refractivity contribution >= 4 is 18.3 Å². The molecule has 1 aromatic rings. The van der Waals surface area contributed by atoms with E-state index in [-0.39, 0.29) is 18.3 Å². The maximum Gasteiger partial charge on any atom is 0.257 e. The van der Waals surface area contributed by atoms with E-state index < -0.39 is 0 Å². The summed E-state index contributed by atoms with van der Waals surface area (Å²) in [5, 5.41) is 10.2. The van der Waals surface area contributed by atoms with Gasteiger partial charge in [-0.2, -0.15) is 5.10 Å². The largest absolute Gasteiger partial charge is 0.338 e. The third kappa shape index (κ3) is 2.24. The van der Waals surface area contributed by atoms with E-state index in [0.29, 0.717) is 5.92 Å². The van der Waals surface area contributed by atoms with Crippen LogP contribution >= 0.6 is 12.4 Å². The molecule has 100 valence electrons. The van der Waals surface area contributed by atoms with Gasteiger partial charge < -0.3 is 10.2 Å². The molecule has 2 N–H and O–H groups in total. The lowest BCUT2D eigenvalue weighted by Crippen LogP contribution is -2.43. The van der Waals surface area contributed by atoms with Gasteiger partial charge in [-0.3, -0.25) is 9.89 Å². The molecule has 2 aliphatic heterocycles. The topological polar surface area (TPSA) is 61.0 Å². The molecule has 3 rings (SSSR count). The molecule has 2 unspecified atom stereocenters. The van der Waals surface area contributed by atoms with Gasteiger partial charge in [0.25, 0.3) is 5.91 Å². The number of carbonyl (C=O) groups is 1. The minimum atomic E-state index is 0. The lowest BCUT2D eigenvalue weighted by Gasteiger charge is -2.34. The van der Waals surface area contributed by atoms with E-state index >= 15 is 0 Å². The van der Waals surface area contributed by atoms with Crippen molar-refractivity contribution in [2.24, 2.45) is 11.8 Å². The molecule has 3 heterocycles. The second-order valence-corrected chi connectivity index (χ2v) is 5.13. The molecule has 1 aromatic heterocycles. The molecule has 0 aromatic carbocycles. The van der Waals surface area contributed by atoms with Crippen LogP contribution in [0.4, 0.5) is 0 Å². The van der Waals surface area contributed by atoms with Gasteiger partial charge in [0.2, 0.25) is 0 Å². The average Bonchev–Trinajstić information content (AvgIpc) is 2.95. The summed E-state index contributed by atoms with van der Waals surface area (Å²) in [5.74, 6) is 1.53. The molecule has 0 saturated carbocycles. The number of aromatic amines is 1. The molecule has 5 nitrogen and oxygen atoms in total. The molecule has 18 heavy (non-hydrogen) atoms. The van der Waals surface area contributed by atoms with E-state index in [1.54, 1.807) is 6.20 Å². The van der Waals surface area contributed by atoms with Crippen LogP contribution in [-0.4, -0.2) is 47.2 Å². The number of likely N-dealkylation sites (tertiary alicyclic amines) is 1. The Morgan fingerprint density at radius 3 is 2.94 bits per heavy atom. The van der Waals surface area contributed by atoms with Crippen LogP contribution in [0, 0.1) is 18.8 Å². The number of halogens is 1. The van der Waals surface area contributed by atoms with Crippen molar-refractivity contribution in [2.45, 2.75) is 13.3 Å². The first-order chi connectivity index (χ1) is 8.25. The number of carbonyl (C=O) groups excluding carboxylic acids is 1. The van der Waals surface area contributed by atoms with Crippen molar-refractivity contribution in [1.29, 1.82) is 0 Å².